The molecular formula is C60H40N2S. The smallest absolute Gasteiger partial charge is 0.0547 e. The summed E-state index contributed by atoms with van der Waals surface area (Å²) in [6.07, 6.45) is 0. The van der Waals surface area contributed by atoms with E-state index in [1.807, 2.05) is 11.3 Å². The van der Waals surface area contributed by atoms with Crippen LogP contribution in [0.1, 0.15) is 0 Å². The van der Waals surface area contributed by atoms with Crippen LogP contribution >= 0.6 is 11.3 Å². The Morgan fingerprint density at radius 1 is 0.302 bits per heavy atom. The van der Waals surface area contributed by atoms with Gasteiger partial charge < -0.3 is 9.47 Å². The van der Waals surface area contributed by atoms with Crippen LogP contribution in [-0.2, 0) is 0 Å². The van der Waals surface area contributed by atoms with Crippen molar-refractivity contribution in [2.75, 3.05) is 4.90 Å². The van der Waals surface area contributed by atoms with E-state index >= 15 is 0 Å². The molecule has 2 heterocycles. The fourth-order valence-corrected chi connectivity index (χ4v) is 10.5. The first-order valence-corrected chi connectivity index (χ1v) is 22.3. The topological polar surface area (TPSA) is 8.17 Å². The Balaban J connectivity index is 0.987. The van der Waals surface area contributed by atoms with Crippen LogP contribution in [0.5, 0.6) is 0 Å². The lowest BCUT2D eigenvalue weighted by Crippen LogP contribution is -2.09. The third-order valence-electron chi connectivity index (χ3n) is 12.4. The van der Waals surface area contributed by atoms with Crippen molar-refractivity contribution in [3.05, 3.63) is 243 Å². The predicted molar refractivity (Wildman–Crippen MR) is 270 cm³/mol. The first kappa shape index (κ1) is 36.8. The number of aromatic nitrogens is 1. The Labute approximate surface area is 370 Å². The highest BCUT2D eigenvalue weighted by molar-refractivity contribution is 7.26. The molecule has 12 rings (SSSR count). The highest BCUT2D eigenvalue weighted by Crippen LogP contribution is 2.45. The molecule has 0 saturated heterocycles. The largest absolute Gasteiger partial charge is 0.311 e. The van der Waals surface area contributed by atoms with Gasteiger partial charge in [0.25, 0.3) is 0 Å². The molecule has 0 spiro atoms. The molecule has 2 aromatic heterocycles. The van der Waals surface area contributed by atoms with Gasteiger partial charge in [-0.1, -0.05) is 164 Å². The molecule has 0 bridgehead atoms. The van der Waals surface area contributed by atoms with Crippen LogP contribution in [0.2, 0.25) is 0 Å². The maximum atomic E-state index is 2.41. The number of para-hydroxylation sites is 2. The van der Waals surface area contributed by atoms with Crippen molar-refractivity contribution in [2.24, 2.45) is 0 Å². The van der Waals surface area contributed by atoms with Gasteiger partial charge in [-0.05, 0) is 118 Å². The lowest BCUT2D eigenvalue weighted by atomic mass is 9.95. The molecule has 3 heteroatoms. The van der Waals surface area contributed by atoms with Crippen LogP contribution in [0.25, 0.3) is 92.2 Å². The molecule has 0 unspecified atom stereocenters. The maximum absolute atomic E-state index is 2.41. The van der Waals surface area contributed by atoms with Gasteiger partial charge in [-0.25, -0.2) is 0 Å². The van der Waals surface area contributed by atoms with E-state index in [1.54, 1.807) is 0 Å². The SMILES string of the molecule is c1ccc(-c2ccc(N(c3ccc(-c4ccccc4)cc3)c3ccc(-c4cc(-c5ccc6c7ccccc7n(-c7ccccc7)c6c5)cc5c4sc4ccccc45)cc3)cc2)cc1. The Morgan fingerprint density at radius 3 is 1.40 bits per heavy atom. The lowest BCUT2D eigenvalue weighted by molar-refractivity contribution is 1.18. The second-order valence-electron chi connectivity index (χ2n) is 16.1. The van der Waals surface area contributed by atoms with Crippen LogP contribution in [-0.4, -0.2) is 4.57 Å². The highest BCUT2D eigenvalue weighted by atomic mass is 32.1. The van der Waals surface area contributed by atoms with Crippen molar-refractivity contribution in [3.63, 3.8) is 0 Å². The first-order chi connectivity index (χ1) is 31.2. The Kier molecular flexibility index (Phi) is 9.06. The second kappa shape index (κ2) is 15.5. The normalized spacial score (nSPS) is 11.5. The van der Waals surface area contributed by atoms with E-state index in [1.165, 1.54) is 86.5 Å². The van der Waals surface area contributed by atoms with Gasteiger partial charge in [0.05, 0.1) is 11.0 Å². The molecular weight excluding hydrogens is 781 g/mol. The average Bonchev–Trinajstić information content (AvgIpc) is 3.91. The standard InChI is InChI=1S/C60H40N2S/c1-4-14-41(15-5-1)43-24-31-49(32-25-43)61(50-33-26-44(27-34-50)42-16-6-2-7-17-42)51-35-28-45(29-36-51)55-38-47(39-56-54-21-11-13-23-59(54)63-60(55)56)46-30-37-53-52-20-10-12-22-57(52)62(58(53)40-46)48-18-8-3-9-19-48/h1-40H. The Bertz CT molecular complexity index is 3490. The fourth-order valence-electron chi connectivity index (χ4n) is 9.32. The van der Waals surface area contributed by atoms with Gasteiger partial charge in [-0.2, -0.15) is 0 Å². The molecule has 296 valence electrons. The summed E-state index contributed by atoms with van der Waals surface area (Å²) >= 11 is 1.88. The third kappa shape index (κ3) is 6.58. The van der Waals surface area contributed by atoms with Crippen molar-refractivity contribution < 1.29 is 0 Å². The zero-order valence-electron chi connectivity index (χ0n) is 34.4. The van der Waals surface area contributed by atoms with Crippen LogP contribution in [0.15, 0.2) is 243 Å². The van der Waals surface area contributed by atoms with Gasteiger partial charge in [0.1, 0.15) is 0 Å². The molecule has 0 aliphatic rings. The summed E-state index contributed by atoms with van der Waals surface area (Å²) in [6, 6.07) is 88.3. The fraction of sp³-hybridized carbons (Fsp3) is 0. The summed E-state index contributed by atoms with van der Waals surface area (Å²) < 4.78 is 5.01. The zero-order chi connectivity index (χ0) is 41.7. The van der Waals surface area contributed by atoms with Gasteiger partial charge in [-0.15, -0.1) is 11.3 Å². The summed E-state index contributed by atoms with van der Waals surface area (Å²) in [5, 5.41) is 5.09. The van der Waals surface area contributed by atoms with E-state index in [0.29, 0.717) is 0 Å². The molecule has 0 aliphatic heterocycles. The Hall–Kier alpha value is -7.98. The number of thiophene rings is 1. The van der Waals surface area contributed by atoms with Gasteiger partial charge >= 0.3 is 0 Å². The molecule has 63 heavy (non-hydrogen) atoms. The first-order valence-electron chi connectivity index (χ1n) is 21.5. The van der Waals surface area contributed by atoms with Gasteiger partial charge in [0.2, 0.25) is 0 Å². The molecule has 10 aromatic carbocycles. The molecule has 0 atom stereocenters. The van der Waals surface area contributed by atoms with Crippen LogP contribution in [0, 0.1) is 0 Å². The quantitative estimate of drug-likeness (QED) is 0.148. The van der Waals surface area contributed by atoms with E-state index in [2.05, 4.69) is 252 Å². The number of fused-ring (bicyclic) bond motifs is 6. The molecule has 0 aliphatic carbocycles. The minimum atomic E-state index is 1.10. The molecule has 0 N–H and O–H groups in total. The van der Waals surface area contributed by atoms with E-state index in [0.717, 1.165) is 22.7 Å². The number of hydrogen-bond donors (Lipinski definition) is 0. The maximum Gasteiger partial charge on any atom is 0.0547 e. The van der Waals surface area contributed by atoms with Crippen molar-refractivity contribution in [2.45, 2.75) is 0 Å². The molecule has 0 fully saturated rings. The summed E-state index contributed by atoms with van der Waals surface area (Å²) in [5.74, 6) is 0. The Morgan fingerprint density at radius 2 is 0.778 bits per heavy atom. The van der Waals surface area contributed by atoms with Crippen LogP contribution in [0.3, 0.4) is 0 Å². The number of hydrogen-bond acceptors (Lipinski definition) is 2. The van der Waals surface area contributed by atoms with E-state index in [-0.39, 0.29) is 0 Å². The van der Waals surface area contributed by atoms with Crippen molar-refractivity contribution in [1.82, 2.24) is 4.57 Å². The highest BCUT2D eigenvalue weighted by Gasteiger charge is 2.18. The molecule has 2 nitrogen and oxygen atoms in total. The number of anilines is 3. The summed E-state index contributed by atoms with van der Waals surface area (Å²) in [6.45, 7) is 0. The van der Waals surface area contributed by atoms with Crippen molar-refractivity contribution in [3.8, 4) is 50.2 Å². The summed E-state index contributed by atoms with van der Waals surface area (Å²) in [4.78, 5) is 2.36. The molecule has 0 amide bonds. The zero-order valence-corrected chi connectivity index (χ0v) is 35.2. The van der Waals surface area contributed by atoms with E-state index < -0.39 is 0 Å². The van der Waals surface area contributed by atoms with E-state index in [9.17, 15) is 0 Å². The molecule has 0 radical (unpaired) electrons. The van der Waals surface area contributed by atoms with Crippen molar-refractivity contribution in [1.29, 1.82) is 0 Å². The summed E-state index contributed by atoms with van der Waals surface area (Å²) in [5.41, 5.74) is 16.5. The van der Waals surface area contributed by atoms with Crippen LogP contribution < -0.4 is 4.90 Å². The third-order valence-corrected chi connectivity index (χ3v) is 13.6. The average molecular weight is 821 g/mol. The van der Waals surface area contributed by atoms with Crippen LogP contribution in [0.4, 0.5) is 17.1 Å². The van der Waals surface area contributed by atoms with E-state index in [4.69, 9.17) is 0 Å². The molecule has 12 aromatic rings. The monoisotopic (exact) mass is 820 g/mol. The molecule has 0 saturated carbocycles. The lowest BCUT2D eigenvalue weighted by Gasteiger charge is -2.26. The predicted octanol–water partition coefficient (Wildman–Crippen LogP) is 17.3. The number of nitrogens with zero attached hydrogens (tertiary/aromatic N) is 2. The number of rotatable bonds is 8. The van der Waals surface area contributed by atoms with Crippen molar-refractivity contribution >= 4 is 70.4 Å². The van der Waals surface area contributed by atoms with Gasteiger partial charge in [-0.3, -0.25) is 0 Å². The minimum absolute atomic E-state index is 1.10. The second-order valence-corrected chi connectivity index (χ2v) is 17.2. The minimum Gasteiger partial charge on any atom is -0.311 e. The number of benzene rings is 10. The van der Waals surface area contributed by atoms with Gasteiger partial charge in [0.15, 0.2) is 0 Å². The summed E-state index contributed by atoms with van der Waals surface area (Å²) in [7, 11) is 0. The van der Waals surface area contributed by atoms with Gasteiger partial charge in [0, 0.05) is 59.3 Å².